The van der Waals surface area contributed by atoms with Crippen LogP contribution in [-0.2, 0) is 0 Å². The molecule has 1 atom stereocenters. The molecule has 5 rings (SSSR count). The number of benzene rings is 3. The molecular formula is C31H30ClN5O. The van der Waals surface area contributed by atoms with Crippen LogP contribution in [0, 0.1) is 18.3 Å². The highest BCUT2D eigenvalue weighted by molar-refractivity contribution is 6.30. The van der Waals surface area contributed by atoms with E-state index in [-0.39, 0.29) is 17.0 Å². The summed E-state index contributed by atoms with van der Waals surface area (Å²) in [6.45, 7) is 4.64. The molecule has 0 bridgehead atoms. The molecule has 0 spiro atoms. The average Bonchev–Trinajstić information content (AvgIpc) is 3.56. The smallest absolute Gasteiger partial charge is 0.214 e. The maximum Gasteiger partial charge on any atom is 0.214 e. The molecule has 0 saturated carbocycles. The van der Waals surface area contributed by atoms with E-state index >= 15 is 0 Å². The zero-order valence-electron chi connectivity index (χ0n) is 21.4. The van der Waals surface area contributed by atoms with Crippen molar-refractivity contribution in [2.45, 2.75) is 32.2 Å². The first-order chi connectivity index (χ1) is 18.5. The van der Waals surface area contributed by atoms with Crippen LogP contribution >= 0.6 is 11.6 Å². The van der Waals surface area contributed by atoms with Gasteiger partial charge in [-0.15, -0.1) is 0 Å². The van der Waals surface area contributed by atoms with Crippen LogP contribution in [0.1, 0.15) is 58.0 Å². The number of rotatable bonds is 9. The second kappa shape index (κ2) is 11.6. The van der Waals surface area contributed by atoms with Crippen LogP contribution in [0.3, 0.4) is 0 Å². The first kappa shape index (κ1) is 25.7. The van der Waals surface area contributed by atoms with Crippen molar-refractivity contribution >= 4 is 23.2 Å². The summed E-state index contributed by atoms with van der Waals surface area (Å²) in [5, 5.41) is 18.8. The molecule has 2 heterocycles. The van der Waals surface area contributed by atoms with Crippen molar-refractivity contribution in [3.63, 3.8) is 0 Å². The summed E-state index contributed by atoms with van der Waals surface area (Å²) in [6.07, 6.45) is 3.25. The summed E-state index contributed by atoms with van der Waals surface area (Å²) in [7, 11) is 0. The number of likely N-dealkylation sites (tertiary alicyclic amines) is 1. The molecule has 0 aliphatic carbocycles. The average molecular weight is 524 g/mol. The number of carbonyl (C=O) groups is 1. The second-order valence-electron chi connectivity index (χ2n) is 9.65. The fourth-order valence-electron chi connectivity index (χ4n) is 5.09. The topological polar surface area (TPSA) is 74.0 Å². The van der Waals surface area contributed by atoms with Gasteiger partial charge in [0.25, 0.3) is 0 Å². The van der Waals surface area contributed by atoms with Crippen molar-refractivity contribution in [1.29, 1.82) is 5.26 Å². The molecule has 1 aliphatic rings. The number of ketones is 1. The van der Waals surface area contributed by atoms with Gasteiger partial charge in [-0.25, -0.2) is 4.68 Å². The fraction of sp³-hybridized carbons (Fsp3) is 0.258. The summed E-state index contributed by atoms with van der Waals surface area (Å²) >= 11 is 6.11. The molecule has 6 nitrogen and oxygen atoms in total. The maximum absolute atomic E-state index is 13.4. The van der Waals surface area contributed by atoms with Gasteiger partial charge in [-0.2, -0.15) is 10.4 Å². The van der Waals surface area contributed by atoms with Crippen LogP contribution in [0.15, 0.2) is 78.9 Å². The van der Waals surface area contributed by atoms with E-state index in [9.17, 15) is 10.1 Å². The van der Waals surface area contributed by atoms with E-state index in [0.29, 0.717) is 29.0 Å². The fourth-order valence-corrected chi connectivity index (χ4v) is 5.22. The lowest BCUT2D eigenvalue weighted by atomic mass is 10.0. The Morgan fingerprint density at radius 3 is 2.53 bits per heavy atom. The van der Waals surface area contributed by atoms with Crippen molar-refractivity contribution in [1.82, 2.24) is 14.7 Å². The third kappa shape index (κ3) is 5.50. The standard InChI is InChI=1S/C31H30ClN5O/c1-22-10-12-24(13-11-22)30(38)29-27(21-33)31(37(35-29)26-16-14-25(32)15-17-26)34-18-6-20-36-19-5-9-28(36)23-7-3-2-4-8-23/h2-4,7-8,10-17,28,34H,5-6,9,18-20H2,1H3. The van der Waals surface area contributed by atoms with Gasteiger partial charge >= 0.3 is 0 Å². The lowest BCUT2D eigenvalue weighted by molar-refractivity contribution is 0.103. The predicted molar refractivity (Wildman–Crippen MR) is 151 cm³/mol. The van der Waals surface area contributed by atoms with Gasteiger partial charge in [-0.1, -0.05) is 71.8 Å². The lowest BCUT2D eigenvalue weighted by Gasteiger charge is -2.25. The number of nitrogens with zero attached hydrogens (tertiary/aromatic N) is 4. The minimum absolute atomic E-state index is 0.137. The monoisotopic (exact) mass is 523 g/mol. The number of hydrogen-bond donors (Lipinski definition) is 1. The second-order valence-corrected chi connectivity index (χ2v) is 10.1. The molecule has 1 saturated heterocycles. The number of nitriles is 1. The van der Waals surface area contributed by atoms with Gasteiger partial charge in [0, 0.05) is 29.7 Å². The van der Waals surface area contributed by atoms with E-state index in [4.69, 9.17) is 11.6 Å². The zero-order valence-corrected chi connectivity index (χ0v) is 22.2. The van der Waals surface area contributed by atoms with Crippen molar-refractivity contribution in [3.8, 4) is 11.8 Å². The Bertz CT molecular complexity index is 1440. The van der Waals surface area contributed by atoms with E-state index in [1.165, 1.54) is 18.4 Å². The highest BCUT2D eigenvalue weighted by Crippen LogP contribution is 2.32. The van der Waals surface area contributed by atoms with E-state index in [2.05, 4.69) is 51.7 Å². The predicted octanol–water partition coefficient (Wildman–Crippen LogP) is 6.58. The Labute approximate surface area is 228 Å². The first-order valence-corrected chi connectivity index (χ1v) is 13.4. The van der Waals surface area contributed by atoms with Gasteiger partial charge in [0.2, 0.25) is 5.78 Å². The van der Waals surface area contributed by atoms with E-state index in [1.807, 2.05) is 31.2 Å². The summed E-state index contributed by atoms with van der Waals surface area (Å²) in [4.78, 5) is 15.9. The summed E-state index contributed by atoms with van der Waals surface area (Å²) < 4.78 is 1.64. The van der Waals surface area contributed by atoms with Crippen LogP contribution in [0.5, 0.6) is 0 Å². The Balaban J connectivity index is 1.37. The van der Waals surface area contributed by atoms with E-state index in [0.717, 1.165) is 30.8 Å². The van der Waals surface area contributed by atoms with Crippen molar-refractivity contribution < 1.29 is 4.79 Å². The van der Waals surface area contributed by atoms with E-state index in [1.54, 1.807) is 28.9 Å². The van der Waals surface area contributed by atoms with Crippen LogP contribution in [0.4, 0.5) is 5.82 Å². The quantitative estimate of drug-likeness (QED) is 0.198. The molecule has 1 unspecified atom stereocenters. The molecule has 3 aromatic carbocycles. The van der Waals surface area contributed by atoms with E-state index < -0.39 is 0 Å². The van der Waals surface area contributed by atoms with Crippen molar-refractivity contribution in [2.75, 3.05) is 25.0 Å². The van der Waals surface area contributed by atoms with Crippen LogP contribution < -0.4 is 5.32 Å². The molecule has 7 heteroatoms. The highest BCUT2D eigenvalue weighted by atomic mass is 35.5. The van der Waals surface area contributed by atoms with Crippen LogP contribution in [-0.4, -0.2) is 40.1 Å². The Morgan fingerprint density at radius 2 is 1.82 bits per heavy atom. The SMILES string of the molecule is Cc1ccc(C(=O)c2nn(-c3ccc(Cl)cc3)c(NCCCN3CCCC3c3ccccc3)c2C#N)cc1. The number of nitrogens with one attached hydrogen (secondary N) is 1. The Hall–Kier alpha value is -3.92. The number of hydrogen-bond acceptors (Lipinski definition) is 5. The number of carbonyl (C=O) groups excluding carboxylic acids is 1. The highest BCUT2D eigenvalue weighted by Gasteiger charge is 2.27. The molecule has 1 aliphatic heterocycles. The molecule has 1 N–H and O–H groups in total. The summed E-state index contributed by atoms with van der Waals surface area (Å²) in [5.41, 5.74) is 4.03. The third-order valence-corrected chi connectivity index (χ3v) is 7.31. The molecule has 4 aromatic rings. The Kier molecular flexibility index (Phi) is 7.88. The number of halogens is 1. The largest absolute Gasteiger partial charge is 0.369 e. The Morgan fingerprint density at radius 1 is 1.08 bits per heavy atom. The number of anilines is 1. The first-order valence-electron chi connectivity index (χ1n) is 13.0. The normalized spacial score (nSPS) is 15.3. The molecule has 0 radical (unpaired) electrons. The van der Waals surface area contributed by atoms with Gasteiger partial charge in [-0.3, -0.25) is 9.69 Å². The van der Waals surface area contributed by atoms with Gasteiger partial charge in [0.05, 0.1) is 5.69 Å². The van der Waals surface area contributed by atoms with Crippen LogP contribution in [0.25, 0.3) is 5.69 Å². The number of aromatic nitrogens is 2. The lowest BCUT2D eigenvalue weighted by Crippen LogP contribution is -2.26. The molecule has 1 aromatic heterocycles. The van der Waals surface area contributed by atoms with Crippen LogP contribution in [0.2, 0.25) is 5.02 Å². The zero-order chi connectivity index (χ0) is 26.5. The maximum atomic E-state index is 13.4. The molecule has 1 fully saturated rings. The summed E-state index contributed by atoms with van der Waals surface area (Å²) in [5.74, 6) is 0.242. The summed E-state index contributed by atoms with van der Waals surface area (Å²) in [6, 6.07) is 27.9. The van der Waals surface area contributed by atoms with Crippen molar-refractivity contribution in [3.05, 3.63) is 112 Å². The number of aryl methyl sites for hydroxylation is 1. The van der Waals surface area contributed by atoms with Gasteiger partial charge < -0.3 is 5.32 Å². The van der Waals surface area contributed by atoms with Gasteiger partial charge in [0.1, 0.15) is 17.5 Å². The minimum atomic E-state index is -0.278. The minimum Gasteiger partial charge on any atom is -0.369 e. The van der Waals surface area contributed by atoms with Gasteiger partial charge in [-0.05, 0) is 62.6 Å². The molecular weight excluding hydrogens is 494 g/mol. The molecule has 0 amide bonds. The third-order valence-electron chi connectivity index (χ3n) is 7.06. The van der Waals surface area contributed by atoms with Gasteiger partial charge in [0.15, 0.2) is 5.69 Å². The molecule has 38 heavy (non-hydrogen) atoms. The molecule has 192 valence electrons. The van der Waals surface area contributed by atoms with Crippen molar-refractivity contribution in [2.24, 2.45) is 0 Å².